The fourth-order valence-corrected chi connectivity index (χ4v) is 2.04. The molecule has 0 saturated carbocycles. The summed E-state index contributed by atoms with van der Waals surface area (Å²) >= 11 is 5.79. The van der Waals surface area contributed by atoms with Crippen molar-refractivity contribution in [1.29, 1.82) is 0 Å². The minimum absolute atomic E-state index is 0.232. The van der Waals surface area contributed by atoms with Gasteiger partial charge in [-0.1, -0.05) is 13.3 Å². The van der Waals surface area contributed by atoms with Crippen LogP contribution >= 0.6 is 11.6 Å². The van der Waals surface area contributed by atoms with E-state index in [-0.39, 0.29) is 11.9 Å². The Bertz CT molecular complexity index is 320. The molecule has 17 heavy (non-hydrogen) atoms. The van der Waals surface area contributed by atoms with Crippen LogP contribution in [0.15, 0.2) is 6.07 Å². The molecular weight excluding hydrogens is 238 g/mol. The molecule has 1 unspecified atom stereocenters. The van der Waals surface area contributed by atoms with E-state index in [1.807, 2.05) is 13.0 Å². The highest BCUT2D eigenvalue weighted by atomic mass is 35.5. The van der Waals surface area contributed by atoms with Crippen LogP contribution in [0.1, 0.15) is 31.9 Å². The zero-order valence-electron chi connectivity index (χ0n) is 10.4. The largest absolute Gasteiger partial charge is 0.396 e. The molecule has 1 aromatic heterocycles. The van der Waals surface area contributed by atoms with E-state index < -0.39 is 0 Å². The average Bonchev–Trinajstić information content (AvgIpc) is 2.25. The fourth-order valence-electron chi connectivity index (χ4n) is 1.81. The number of aromatic nitrogens is 2. The van der Waals surface area contributed by atoms with Gasteiger partial charge < -0.3 is 10.4 Å². The van der Waals surface area contributed by atoms with Crippen LogP contribution in [0.5, 0.6) is 0 Å². The minimum atomic E-state index is 0.232. The van der Waals surface area contributed by atoms with Gasteiger partial charge in [0.2, 0.25) is 5.28 Å². The van der Waals surface area contributed by atoms with Gasteiger partial charge in [0.05, 0.1) is 0 Å². The molecule has 0 saturated heterocycles. The van der Waals surface area contributed by atoms with E-state index in [1.165, 1.54) is 0 Å². The number of aryl methyl sites for hydroxylation is 1. The molecular formula is C12H20ClN3O. The third-order valence-corrected chi connectivity index (χ3v) is 2.80. The summed E-state index contributed by atoms with van der Waals surface area (Å²) in [5, 5.41) is 12.5. The lowest BCUT2D eigenvalue weighted by Gasteiger charge is -2.16. The zero-order chi connectivity index (χ0) is 12.7. The van der Waals surface area contributed by atoms with Crippen molar-refractivity contribution in [2.75, 3.05) is 18.5 Å². The van der Waals surface area contributed by atoms with Crippen LogP contribution in [0.25, 0.3) is 0 Å². The summed E-state index contributed by atoms with van der Waals surface area (Å²) in [6, 6.07) is 1.87. The molecule has 1 heterocycles. The maximum atomic E-state index is 8.97. The van der Waals surface area contributed by atoms with Gasteiger partial charge in [-0.3, -0.25) is 0 Å². The Balaban J connectivity index is 2.52. The Kier molecular flexibility index (Phi) is 6.22. The lowest BCUT2D eigenvalue weighted by atomic mass is 10.0. The van der Waals surface area contributed by atoms with E-state index in [0.29, 0.717) is 5.92 Å². The monoisotopic (exact) mass is 257 g/mol. The first-order chi connectivity index (χ1) is 8.15. The number of hydrogen-bond acceptors (Lipinski definition) is 4. The number of aliphatic hydroxyl groups excluding tert-OH is 1. The summed E-state index contributed by atoms with van der Waals surface area (Å²) in [5.74, 6) is 1.22. The third kappa shape index (κ3) is 5.33. The van der Waals surface area contributed by atoms with Crippen LogP contribution in [0.3, 0.4) is 0 Å². The Morgan fingerprint density at radius 1 is 1.41 bits per heavy atom. The van der Waals surface area contributed by atoms with Crippen LogP contribution in [0, 0.1) is 12.8 Å². The second kappa shape index (κ2) is 7.45. The van der Waals surface area contributed by atoms with Crippen molar-refractivity contribution in [3.63, 3.8) is 0 Å². The van der Waals surface area contributed by atoms with Crippen LogP contribution in [0.4, 0.5) is 5.82 Å². The van der Waals surface area contributed by atoms with E-state index in [1.54, 1.807) is 0 Å². The van der Waals surface area contributed by atoms with Gasteiger partial charge >= 0.3 is 0 Å². The van der Waals surface area contributed by atoms with Crippen molar-refractivity contribution >= 4 is 17.4 Å². The molecule has 0 amide bonds. The molecule has 0 aliphatic carbocycles. The highest BCUT2D eigenvalue weighted by Gasteiger charge is 2.08. The summed E-state index contributed by atoms with van der Waals surface area (Å²) in [6.07, 6.45) is 3.04. The Labute approximate surface area is 107 Å². The summed E-state index contributed by atoms with van der Waals surface area (Å²) in [7, 11) is 0. The molecule has 5 heteroatoms. The second-order valence-electron chi connectivity index (χ2n) is 4.21. The third-order valence-electron chi connectivity index (χ3n) is 2.63. The quantitative estimate of drug-likeness (QED) is 0.738. The normalized spacial score (nSPS) is 12.5. The van der Waals surface area contributed by atoms with Crippen molar-refractivity contribution in [3.05, 3.63) is 17.0 Å². The first-order valence-electron chi connectivity index (χ1n) is 6.01. The number of anilines is 1. The van der Waals surface area contributed by atoms with Gasteiger partial charge in [-0.2, -0.15) is 0 Å². The van der Waals surface area contributed by atoms with Gasteiger partial charge in [0, 0.05) is 24.9 Å². The highest BCUT2D eigenvalue weighted by molar-refractivity contribution is 6.28. The van der Waals surface area contributed by atoms with Crippen molar-refractivity contribution in [2.45, 2.75) is 33.1 Å². The highest BCUT2D eigenvalue weighted by Crippen LogP contribution is 2.14. The summed E-state index contributed by atoms with van der Waals surface area (Å²) in [5.41, 5.74) is 0.849. The molecule has 0 aliphatic rings. The fraction of sp³-hybridized carbons (Fsp3) is 0.667. The average molecular weight is 258 g/mol. The first-order valence-corrected chi connectivity index (χ1v) is 6.39. The number of rotatable bonds is 7. The van der Waals surface area contributed by atoms with Crippen LogP contribution in [0.2, 0.25) is 5.28 Å². The summed E-state index contributed by atoms with van der Waals surface area (Å²) in [6.45, 7) is 5.07. The van der Waals surface area contributed by atoms with Crippen molar-refractivity contribution in [3.8, 4) is 0 Å². The Morgan fingerprint density at radius 2 is 2.18 bits per heavy atom. The molecule has 0 aromatic carbocycles. The van der Waals surface area contributed by atoms with E-state index in [0.717, 1.165) is 37.3 Å². The van der Waals surface area contributed by atoms with E-state index in [4.69, 9.17) is 16.7 Å². The maximum Gasteiger partial charge on any atom is 0.224 e. The van der Waals surface area contributed by atoms with Gasteiger partial charge in [0.15, 0.2) is 0 Å². The molecule has 0 fully saturated rings. The second-order valence-corrected chi connectivity index (χ2v) is 4.55. The first kappa shape index (κ1) is 14.2. The van der Waals surface area contributed by atoms with Crippen molar-refractivity contribution < 1.29 is 5.11 Å². The molecule has 2 N–H and O–H groups in total. The van der Waals surface area contributed by atoms with E-state index >= 15 is 0 Å². The lowest BCUT2D eigenvalue weighted by Crippen LogP contribution is -2.16. The Morgan fingerprint density at radius 3 is 2.76 bits per heavy atom. The smallest absolute Gasteiger partial charge is 0.224 e. The number of hydrogen-bond donors (Lipinski definition) is 2. The van der Waals surface area contributed by atoms with Gasteiger partial charge in [-0.05, 0) is 37.3 Å². The molecule has 0 radical (unpaired) electrons. The van der Waals surface area contributed by atoms with Gasteiger partial charge in [0.1, 0.15) is 5.82 Å². The van der Waals surface area contributed by atoms with Crippen LogP contribution in [-0.4, -0.2) is 28.2 Å². The predicted molar refractivity (Wildman–Crippen MR) is 70.4 cm³/mol. The van der Waals surface area contributed by atoms with Gasteiger partial charge in [-0.25, -0.2) is 9.97 Å². The van der Waals surface area contributed by atoms with Crippen LogP contribution < -0.4 is 5.32 Å². The maximum absolute atomic E-state index is 8.97. The molecule has 0 aliphatic heterocycles. The van der Waals surface area contributed by atoms with Gasteiger partial charge in [-0.15, -0.1) is 0 Å². The molecule has 1 aromatic rings. The minimum Gasteiger partial charge on any atom is -0.396 e. The molecule has 96 valence electrons. The molecule has 0 spiro atoms. The van der Waals surface area contributed by atoms with Crippen LogP contribution in [-0.2, 0) is 0 Å². The number of halogens is 1. The summed E-state index contributed by atoms with van der Waals surface area (Å²) in [4.78, 5) is 8.12. The SMILES string of the molecule is CCCC(CCO)CNc1cc(C)nc(Cl)n1. The standard InChI is InChI=1S/C12H20ClN3O/c1-3-4-10(5-6-17)8-14-11-7-9(2)15-12(13)16-11/h7,10,17H,3-6,8H2,1-2H3,(H,14,15,16). The predicted octanol–water partition coefficient (Wildman–Crippen LogP) is 2.65. The molecule has 4 nitrogen and oxygen atoms in total. The zero-order valence-corrected chi connectivity index (χ0v) is 11.2. The summed E-state index contributed by atoms with van der Waals surface area (Å²) < 4.78 is 0. The molecule has 0 bridgehead atoms. The molecule has 1 rings (SSSR count). The van der Waals surface area contributed by atoms with E-state index in [9.17, 15) is 0 Å². The number of nitrogens with one attached hydrogen (secondary N) is 1. The number of aliphatic hydroxyl groups is 1. The van der Waals surface area contributed by atoms with Crippen molar-refractivity contribution in [2.24, 2.45) is 5.92 Å². The van der Waals surface area contributed by atoms with Gasteiger partial charge in [0.25, 0.3) is 0 Å². The Hall–Kier alpha value is -0.870. The topological polar surface area (TPSA) is 58.0 Å². The molecule has 1 atom stereocenters. The number of nitrogens with zero attached hydrogens (tertiary/aromatic N) is 2. The van der Waals surface area contributed by atoms with E-state index in [2.05, 4.69) is 22.2 Å². The van der Waals surface area contributed by atoms with Crippen molar-refractivity contribution in [1.82, 2.24) is 9.97 Å². The lowest BCUT2D eigenvalue weighted by molar-refractivity contribution is 0.255.